The van der Waals surface area contributed by atoms with Crippen LogP contribution in [0.2, 0.25) is 0 Å². The van der Waals surface area contributed by atoms with E-state index >= 15 is 0 Å². The molecule has 0 radical (unpaired) electrons. The number of fused-ring (bicyclic) bond motifs is 3. The Morgan fingerprint density at radius 3 is 2.11 bits per heavy atom. The molecule has 3 aliphatic rings. The highest BCUT2D eigenvalue weighted by Crippen LogP contribution is 2.43. The van der Waals surface area contributed by atoms with Crippen LogP contribution >= 0.6 is 0 Å². The van der Waals surface area contributed by atoms with E-state index in [2.05, 4.69) is 5.16 Å². The second-order valence-corrected chi connectivity index (χ2v) is 9.48. The highest BCUT2D eigenvalue weighted by molar-refractivity contribution is 5.86. The van der Waals surface area contributed by atoms with Crippen molar-refractivity contribution < 1.29 is 28.1 Å². The van der Waals surface area contributed by atoms with Gasteiger partial charge in [0.15, 0.2) is 11.8 Å². The largest absolute Gasteiger partial charge is 0.453 e. The molecule has 1 unspecified atom stereocenters. The first-order valence-corrected chi connectivity index (χ1v) is 11.9. The summed E-state index contributed by atoms with van der Waals surface area (Å²) in [5, 5.41) is 4.02. The summed E-state index contributed by atoms with van der Waals surface area (Å²) in [6, 6.07) is 19.8. The first-order chi connectivity index (χ1) is 17.0. The molecule has 3 fully saturated rings. The number of carbonyl (C=O) groups is 2. The van der Waals surface area contributed by atoms with Gasteiger partial charge in [0, 0.05) is 31.9 Å². The summed E-state index contributed by atoms with van der Waals surface area (Å²) in [5.74, 6) is -0.707. The number of quaternary nitrogens is 1. The van der Waals surface area contributed by atoms with E-state index < -0.39 is 23.5 Å². The molecule has 8 nitrogen and oxygen atoms in total. The minimum Gasteiger partial charge on any atom is -0.453 e. The fraction of sp³-hybridized carbons (Fsp3) is 0.370. The van der Waals surface area contributed by atoms with Gasteiger partial charge in [-0.1, -0.05) is 65.8 Å². The standard InChI is InChI=1S/C27H29N3O5/c1-33-27(20-8-4-2-5-9-20,21-10-6-3-7-11-21)26(32)35-23-18-30(15-12-19(23)13-16-30)24(25(28)31)22-14-17-34-29-22/h2-11,14,17,19,23-24H,12-13,15-16,18H2,1H3,(H-,28,31)/p+1/t19?,23-,24?,30?/m0/s1. The SMILES string of the molecule is COC(C(=O)O[C@H]1C[N+]2(C(C(N)=O)c3ccon3)CCC1CC2)(c1ccccc1)c1ccccc1. The Bertz CT molecular complexity index is 1120. The number of nitrogens with zero attached hydrogens (tertiary/aromatic N) is 2. The maximum atomic E-state index is 14.0. The van der Waals surface area contributed by atoms with E-state index in [0.29, 0.717) is 27.8 Å². The number of primary amides is 1. The molecule has 182 valence electrons. The number of nitrogens with two attached hydrogens (primary N) is 1. The van der Waals surface area contributed by atoms with E-state index in [1.165, 1.54) is 13.4 Å². The molecule has 1 amide bonds. The van der Waals surface area contributed by atoms with Gasteiger partial charge in [-0.2, -0.15) is 0 Å². The molecule has 0 spiro atoms. The molecule has 0 saturated carbocycles. The van der Waals surface area contributed by atoms with Crippen LogP contribution in [0.25, 0.3) is 0 Å². The Balaban J connectivity index is 1.48. The number of aromatic nitrogens is 1. The lowest BCUT2D eigenvalue weighted by Gasteiger charge is -2.54. The number of hydrogen-bond donors (Lipinski definition) is 1. The summed E-state index contributed by atoms with van der Waals surface area (Å²) in [6.45, 7) is 2.03. The molecule has 0 aliphatic carbocycles. The van der Waals surface area contributed by atoms with Crippen molar-refractivity contribution in [3.05, 3.63) is 89.8 Å². The number of ether oxygens (including phenoxy) is 2. The molecule has 35 heavy (non-hydrogen) atoms. The molecule has 2 bridgehead atoms. The fourth-order valence-electron chi connectivity index (χ4n) is 6.01. The van der Waals surface area contributed by atoms with E-state index in [0.717, 1.165) is 25.9 Å². The molecular formula is C27H30N3O5+. The summed E-state index contributed by atoms with van der Waals surface area (Å²) in [6.07, 6.45) is 2.73. The zero-order valence-electron chi connectivity index (χ0n) is 19.7. The van der Waals surface area contributed by atoms with E-state index in [-0.39, 0.29) is 12.0 Å². The number of esters is 1. The van der Waals surface area contributed by atoms with Crippen LogP contribution in [-0.4, -0.2) is 54.4 Å². The molecule has 6 rings (SSSR count). The van der Waals surface area contributed by atoms with Gasteiger partial charge in [0.2, 0.25) is 11.6 Å². The maximum Gasteiger partial charge on any atom is 0.348 e. The smallest absolute Gasteiger partial charge is 0.348 e. The third-order valence-electron chi connectivity index (χ3n) is 7.73. The van der Waals surface area contributed by atoms with Crippen LogP contribution in [-0.2, 0) is 24.7 Å². The van der Waals surface area contributed by atoms with Crippen molar-refractivity contribution in [1.82, 2.24) is 5.16 Å². The lowest BCUT2D eigenvalue weighted by atomic mass is 9.80. The second-order valence-electron chi connectivity index (χ2n) is 9.48. The average Bonchev–Trinajstić information content (AvgIpc) is 3.40. The number of hydrogen-bond acceptors (Lipinski definition) is 6. The van der Waals surface area contributed by atoms with Crippen LogP contribution in [0.15, 0.2) is 77.5 Å². The highest BCUT2D eigenvalue weighted by Gasteiger charge is 2.56. The molecule has 2 N–H and O–H groups in total. The Morgan fingerprint density at radius 2 is 1.63 bits per heavy atom. The molecule has 2 aromatic carbocycles. The molecule has 3 saturated heterocycles. The van der Waals surface area contributed by atoms with Gasteiger partial charge in [0.05, 0.1) is 13.1 Å². The average molecular weight is 477 g/mol. The molecule has 1 aromatic heterocycles. The number of piperidine rings is 3. The summed E-state index contributed by atoms with van der Waals surface area (Å²) < 4.78 is 17.7. The quantitative estimate of drug-likeness (QED) is 0.396. The van der Waals surface area contributed by atoms with Crippen molar-refractivity contribution >= 4 is 11.9 Å². The number of benzene rings is 2. The second kappa shape index (κ2) is 9.28. The van der Waals surface area contributed by atoms with Crippen molar-refractivity contribution in [2.24, 2.45) is 11.7 Å². The van der Waals surface area contributed by atoms with Crippen molar-refractivity contribution in [1.29, 1.82) is 0 Å². The zero-order chi connectivity index (χ0) is 24.5. The fourth-order valence-corrected chi connectivity index (χ4v) is 6.01. The van der Waals surface area contributed by atoms with Gasteiger partial charge in [0.25, 0.3) is 5.91 Å². The van der Waals surface area contributed by atoms with Crippen molar-refractivity contribution in [2.45, 2.75) is 30.6 Å². The molecule has 3 aliphatic heterocycles. The Hall–Kier alpha value is -3.49. The predicted molar refractivity (Wildman–Crippen MR) is 127 cm³/mol. The Labute approximate surface area is 204 Å². The maximum absolute atomic E-state index is 14.0. The topological polar surface area (TPSA) is 105 Å². The lowest BCUT2D eigenvalue weighted by Crippen LogP contribution is -2.67. The molecule has 2 atom stereocenters. The lowest BCUT2D eigenvalue weighted by molar-refractivity contribution is -0.965. The Morgan fingerprint density at radius 1 is 1.03 bits per heavy atom. The monoisotopic (exact) mass is 476 g/mol. The number of carbonyl (C=O) groups excluding carboxylic acids is 2. The summed E-state index contributed by atoms with van der Waals surface area (Å²) in [5.41, 5.74) is 6.36. The first-order valence-electron chi connectivity index (χ1n) is 11.9. The van der Waals surface area contributed by atoms with Crippen molar-refractivity contribution in [2.75, 3.05) is 26.7 Å². The van der Waals surface area contributed by atoms with Gasteiger partial charge in [0.1, 0.15) is 12.8 Å². The minimum absolute atomic E-state index is 0.214. The summed E-state index contributed by atoms with van der Waals surface area (Å²) >= 11 is 0. The zero-order valence-corrected chi connectivity index (χ0v) is 19.7. The van der Waals surface area contributed by atoms with Crippen LogP contribution in [0.4, 0.5) is 0 Å². The summed E-state index contributed by atoms with van der Waals surface area (Å²) in [7, 11) is 1.53. The van der Waals surface area contributed by atoms with Crippen LogP contribution in [0.3, 0.4) is 0 Å². The van der Waals surface area contributed by atoms with Crippen molar-refractivity contribution in [3.63, 3.8) is 0 Å². The minimum atomic E-state index is -1.41. The van der Waals surface area contributed by atoms with Crippen LogP contribution in [0, 0.1) is 5.92 Å². The molecule has 4 heterocycles. The van der Waals surface area contributed by atoms with E-state index in [4.69, 9.17) is 19.7 Å². The number of methoxy groups -OCH3 is 1. The first kappa shape index (κ1) is 23.3. The molecular weight excluding hydrogens is 446 g/mol. The van der Waals surface area contributed by atoms with Gasteiger partial charge in [-0.3, -0.25) is 4.79 Å². The predicted octanol–water partition coefficient (Wildman–Crippen LogP) is 2.94. The van der Waals surface area contributed by atoms with Gasteiger partial charge in [-0.15, -0.1) is 0 Å². The third-order valence-corrected chi connectivity index (χ3v) is 7.73. The van der Waals surface area contributed by atoms with Crippen LogP contribution in [0.1, 0.15) is 35.7 Å². The van der Waals surface area contributed by atoms with E-state index in [1.807, 2.05) is 60.7 Å². The third kappa shape index (κ3) is 3.92. The van der Waals surface area contributed by atoms with Gasteiger partial charge in [-0.25, -0.2) is 4.79 Å². The Kier molecular flexibility index (Phi) is 6.17. The van der Waals surface area contributed by atoms with E-state index in [1.54, 1.807) is 6.07 Å². The van der Waals surface area contributed by atoms with Crippen LogP contribution < -0.4 is 5.73 Å². The van der Waals surface area contributed by atoms with Crippen molar-refractivity contribution in [3.8, 4) is 0 Å². The van der Waals surface area contributed by atoms with Crippen LogP contribution in [0.5, 0.6) is 0 Å². The summed E-state index contributed by atoms with van der Waals surface area (Å²) in [4.78, 5) is 26.6. The van der Waals surface area contributed by atoms with Gasteiger partial charge >= 0.3 is 5.97 Å². The molecule has 8 heteroatoms. The normalized spacial score (nSPS) is 24.6. The molecule has 3 aromatic rings. The number of amides is 1. The van der Waals surface area contributed by atoms with Gasteiger partial charge < -0.3 is 24.2 Å². The van der Waals surface area contributed by atoms with E-state index in [9.17, 15) is 9.59 Å². The number of rotatable bonds is 8. The highest BCUT2D eigenvalue weighted by atomic mass is 16.6. The van der Waals surface area contributed by atoms with Gasteiger partial charge in [-0.05, 0) is 11.1 Å².